The molecule has 0 radical (unpaired) electrons. The van der Waals surface area contributed by atoms with Gasteiger partial charge in [-0.1, -0.05) is 33.2 Å². The minimum Gasteiger partial charge on any atom is -0.409 e. The third kappa shape index (κ3) is 3.73. The number of hydrogen-bond donors (Lipinski definition) is 2. The van der Waals surface area contributed by atoms with E-state index in [0.717, 1.165) is 10.0 Å². The normalized spacial score (nSPS) is 13.2. The van der Waals surface area contributed by atoms with Gasteiger partial charge in [-0.3, -0.25) is 4.79 Å². The van der Waals surface area contributed by atoms with E-state index in [9.17, 15) is 4.79 Å². The minimum atomic E-state index is -0.632. The molecule has 3 N–H and O–H groups in total. The van der Waals surface area contributed by atoms with Gasteiger partial charge in [0.15, 0.2) is 5.84 Å². The van der Waals surface area contributed by atoms with Gasteiger partial charge >= 0.3 is 0 Å². The van der Waals surface area contributed by atoms with Crippen LogP contribution in [0.3, 0.4) is 0 Å². The number of hydrogen-bond acceptors (Lipinski definition) is 3. The van der Waals surface area contributed by atoms with Crippen LogP contribution in [-0.2, 0) is 11.3 Å². The molecule has 1 amide bonds. The average molecular weight is 314 g/mol. The first kappa shape index (κ1) is 14.5. The van der Waals surface area contributed by atoms with Gasteiger partial charge in [-0.05, 0) is 24.6 Å². The summed E-state index contributed by atoms with van der Waals surface area (Å²) in [5, 5.41) is 11.4. The van der Waals surface area contributed by atoms with Crippen molar-refractivity contribution in [1.82, 2.24) is 4.90 Å². The van der Waals surface area contributed by atoms with E-state index in [2.05, 4.69) is 21.1 Å². The van der Waals surface area contributed by atoms with Gasteiger partial charge < -0.3 is 15.8 Å². The number of rotatable bonds is 4. The maximum Gasteiger partial charge on any atom is 0.233 e. The van der Waals surface area contributed by atoms with E-state index < -0.39 is 5.92 Å². The number of oxime groups is 1. The van der Waals surface area contributed by atoms with Crippen LogP contribution >= 0.6 is 15.9 Å². The second-order valence-corrected chi connectivity index (χ2v) is 4.99. The summed E-state index contributed by atoms with van der Waals surface area (Å²) < 4.78 is 0.963. The van der Waals surface area contributed by atoms with Gasteiger partial charge in [-0.25, -0.2) is 0 Å². The van der Waals surface area contributed by atoms with Crippen LogP contribution in [-0.4, -0.2) is 28.9 Å². The van der Waals surface area contributed by atoms with Gasteiger partial charge in [-0.2, -0.15) is 0 Å². The number of nitrogens with two attached hydrogens (primary N) is 1. The summed E-state index contributed by atoms with van der Waals surface area (Å²) in [6.07, 6.45) is 0. The Bertz CT molecular complexity index is 462. The maximum atomic E-state index is 12.0. The molecule has 0 aromatic heterocycles. The van der Waals surface area contributed by atoms with E-state index in [1.54, 1.807) is 18.9 Å². The van der Waals surface area contributed by atoms with Crippen molar-refractivity contribution in [3.8, 4) is 0 Å². The van der Waals surface area contributed by atoms with E-state index in [1.165, 1.54) is 0 Å². The zero-order chi connectivity index (χ0) is 13.7. The molecule has 0 saturated heterocycles. The van der Waals surface area contributed by atoms with Gasteiger partial charge in [0, 0.05) is 18.1 Å². The van der Waals surface area contributed by atoms with Crippen molar-refractivity contribution in [2.24, 2.45) is 16.8 Å². The quantitative estimate of drug-likeness (QED) is 0.385. The molecule has 0 aliphatic carbocycles. The Labute approximate surface area is 114 Å². The molecule has 1 atom stereocenters. The van der Waals surface area contributed by atoms with Crippen LogP contribution in [0.1, 0.15) is 12.5 Å². The van der Waals surface area contributed by atoms with E-state index in [1.807, 2.05) is 24.3 Å². The highest BCUT2D eigenvalue weighted by Gasteiger charge is 2.21. The zero-order valence-corrected chi connectivity index (χ0v) is 11.9. The number of carbonyl (C=O) groups excluding carboxylic acids is 1. The Morgan fingerprint density at radius 2 is 2.28 bits per heavy atom. The second-order valence-electron chi connectivity index (χ2n) is 4.07. The lowest BCUT2D eigenvalue weighted by Gasteiger charge is -2.20. The molecule has 1 unspecified atom stereocenters. The lowest BCUT2D eigenvalue weighted by atomic mass is 10.1. The number of nitrogens with zero attached hydrogens (tertiary/aromatic N) is 2. The predicted molar refractivity (Wildman–Crippen MR) is 73.2 cm³/mol. The van der Waals surface area contributed by atoms with E-state index in [-0.39, 0.29) is 11.7 Å². The Morgan fingerprint density at radius 3 is 2.83 bits per heavy atom. The van der Waals surface area contributed by atoms with Crippen molar-refractivity contribution in [1.29, 1.82) is 0 Å². The summed E-state index contributed by atoms with van der Waals surface area (Å²) in [6.45, 7) is 2.08. The third-order valence-electron chi connectivity index (χ3n) is 2.61. The molecule has 0 heterocycles. The minimum absolute atomic E-state index is 0.0823. The fourth-order valence-corrected chi connectivity index (χ4v) is 1.98. The third-order valence-corrected chi connectivity index (χ3v) is 3.11. The Balaban J connectivity index is 2.71. The molecule has 0 aliphatic rings. The van der Waals surface area contributed by atoms with Crippen LogP contribution < -0.4 is 5.73 Å². The first-order chi connectivity index (χ1) is 8.45. The Morgan fingerprint density at radius 1 is 1.61 bits per heavy atom. The van der Waals surface area contributed by atoms with Crippen molar-refractivity contribution < 1.29 is 10.0 Å². The van der Waals surface area contributed by atoms with Crippen LogP contribution in [0.2, 0.25) is 0 Å². The van der Waals surface area contributed by atoms with E-state index in [0.29, 0.717) is 6.54 Å². The van der Waals surface area contributed by atoms with Gasteiger partial charge in [0.25, 0.3) is 0 Å². The fourth-order valence-electron chi connectivity index (χ4n) is 1.53. The lowest BCUT2D eigenvalue weighted by Crippen LogP contribution is -2.38. The molecular formula is C12H16BrN3O2. The van der Waals surface area contributed by atoms with Gasteiger partial charge in [-0.15, -0.1) is 0 Å². The predicted octanol–water partition coefficient (Wildman–Crippen LogP) is 1.79. The molecule has 5 nitrogen and oxygen atoms in total. The molecule has 1 rings (SSSR count). The number of benzene rings is 1. The highest BCUT2D eigenvalue weighted by atomic mass is 79.9. The zero-order valence-electron chi connectivity index (χ0n) is 10.3. The molecule has 0 spiro atoms. The van der Waals surface area contributed by atoms with Crippen molar-refractivity contribution in [2.45, 2.75) is 13.5 Å². The van der Waals surface area contributed by atoms with Gasteiger partial charge in [0.1, 0.15) is 0 Å². The Kier molecular flexibility index (Phi) is 5.15. The number of carbonyl (C=O) groups is 1. The largest absolute Gasteiger partial charge is 0.409 e. The van der Waals surface area contributed by atoms with Crippen LogP contribution in [0.5, 0.6) is 0 Å². The van der Waals surface area contributed by atoms with Crippen LogP contribution in [0.4, 0.5) is 0 Å². The molecule has 1 aromatic rings. The van der Waals surface area contributed by atoms with Crippen LogP contribution in [0.25, 0.3) is 0 Å². The van der Waals surface area contributed by atoms with Crippen molar-refractivity contribution in [3.63, 3.8) is 0 Å². The van der Waals surface area contributed by atoms with Gasteiger partial charge in [0.05, 0.1) is 5.92 Å². The fraction of sp³-hybridized carbons (Fsp3) is 0.333. The molecule has 18 heavy (non-hydrogen) atoms. The summed E-state index contributed by atoms with van der Waals surface area (Å²) in [4.78, 5) is 13.5. The topological polar surface area (TPSA) is 78.9 Å². The van der Waals surface area contributed by atoms with Crippen molar-refractivity contribution >= 4 is 27.7 Å². The molecule has 98 valence electrons. The summed E-state index contributed by atoms with van der Waals surface area (Å²) >= 11 is 3.38. The van der Waals surface area contributed by atoms with Crippen molar-refractivity contribution in [3.05, 3.63) is 34.3 Å². The monoisotopic (exact) mass is 313 g/mol. The second kappa shape index (κ2) is 6.39. The van der Waals surface area contributed by atoms with E-state index >= 15 is 0 Å². The summed E-state index contributed by atoms with van der Waals surface area (Å²) in [5.41, 5.74) is 6.42. The molecule has 0 bridgehead atoms. The first-order valence-electron chi connectivity index (χ1n) is 5.42. The molecule has 0 aliphatic heterocycles. The smallest absolute Gasteiger partial charge is 0.233 e. The van der Waals surface area contributed by atoms with Crippen molar-refractivity contribution in [2.75, 3.05) is 7.05 Å². The van der Waals surface area contributed by atoms with Crippen LogP contribution in [0, 0.1) is 5.92 Å². The Hall–Kier alpha value is -1.56. The molecular weight excluding hydrogens is 298 g/mol. The number of halogens is 1. The highest BCUT2D eigenvalue weighted by molar-refractivity contribution is 9.10. The van der Waals surface area contributed by atoms with Gasteiger partial charge in [0.2, 0.25) is 5.91 Å². The molecule has 0 saturated carbocycles. The first-order valence-corrected chi connectivity index (χ1v) is 6.22. The van der Waals surface area contributed by atoms with E-state index in [4.69, 9.17) is 10.9 Å². The molecule has 6 heteroatoms. The molecule has 1 aromatic carbocycles. The lowest BCUT2D eigenvalue weighted by molar-refractivity contribution is -0.132. The highest BCUT2D eigenvalue weighted by Crippen LogP contribution is 2.14. The summed E-state index contributed by atoms with van der Waals surface area (Å²) in [7, 11) is 1.68. The summed E-state index contributed by atoms with van der Waals surface area (Å²) in [5.74, 6) is -0.904. The van der Waals surface area contributed by atoms with Crippen LogP contribution in [0.15, 0.2) is 33.9 Å². The molecule has 0 fully saturated rings. The summed E-state index contributed by atoms with van der Waals surface area (Å²) in [6, 6.07) is 7.70. The standard InChI is InChI=1S/C12H16BrN3O2/c1-8(11(14)15-18)12(17)16(2)7-9-4-3-5-10(13)6-9/h3-6,8,18H,7H2,1-2H3,(H2,14,15). The maximum absolute atomic E-state index is 12.0. The number of amidine groups is 1. The SMILES string of the molecule is CC(C(=O)N(C)Cc1cccc(Br)c1)C(N)=NO. The number of amides is 1. The average Bonchev–Trinajstić information content (AvgIpc) is 2.36.